The van der Waals surface area contributed by atoms with Gasteiger partial charge in [0.2, 0.25) is 5.91 Å². The van der Waals surface area contributed by atoms with Crippen LogP contribution in [0.2, 0.25) is 0 Å². The molecule has 0 aromatic heterocycles. The lowest BCUT2D eigenvalue weighted by atomic mass is 10.1. The quantitative estimate of drug-likeness (QED) is 0.507. The molecule has 1 heterocycles. The minimum atomic E-state index is -0.706. The molecule has 0 saturated carbocycles. The molecular formula is C20H19N3O6. The Kier molecular flexibility index (Phi) is 5.68. The number of carbonyl (C=O) groups excluding carboxylic acids is 3. The van der Waals surface area contributed by atoms with Gasteiger partial charge in [-0.25, -0.2) is 9.69 Å². The molecule has 1 saturated heterocycles. The van der Waals surface area contributed by atoms with Crippen molar-refractivity contribution in [2.45, 2.75) is 0 Å². The minimum Gasteiger partial charge on any atom is -0.504 e. The van der Waals surface area contributed by atoms with Crippen molar-refractivity contribution in [2.24, 2.45) is 0 Å². The standard InChI is InChI=1S/C20H19N3O6/c1-28-16-6-4-3-5-13(16)21-18(25)11-23-19(26)14(22-20(23)27)9-12-7-8-15(24)17(10-12)29-2/h3-10,24H,11H2,1-2H3,(H,21,25)(H,22,27)/b14-9+. The van der Waals surface area contributed by atoms with Gasteiger partial charge in [-0.15, -0.1) is 0 Å². The number of nitrogens with zero attached hydrogens (tertiary/aromatic N) is 1. The number of nitrogens with one attached hydrogen (secondary N) is 2. The summed E-state index contributed by atoms with van der Waals surface area (Å²) >= 11 is 0. The van der Waals surface area contributed by atoms with E-state index in [9.17, 15) is 19.5 Å². The molecule has 0 spiro atoms. The lowest BCUT2D eigenvalue weighted by Gasteiger charge is -2.13. The maximum Gasteiger partial charge on any atom is 0.329 e. The van der Waals surface area contributed by atoms with E-state index in [1.165, 1.54) is 32.4 Å². The number of methoxy groups -OCH3 is 2. The van der Waals surface area contributed by atoms with Gasteiger partial charge in [0, 0.05) is 0 Å². The molecule has 1 fully saturated rings. The Morgan fingerprint density at radius 3 is 2.59 bits per heavy atom. The number of rotatable bonds is 6. The highest BCUT2D eigenvalue weighted by molar-refractivity contribution is 6.16. The number of anilines is 1. The monoisotopic (exact) mass is 397 g/mol. The molecule has 0 atom stereocenters. The Bertz CT molecular complexity index is 1000. The van der Waals surface area contributed by atoms with Crippen molar-refractivity contribution in [3.05, 3.63) is 53.7 Å². The molecular weight excluding hydrogens is 378 g/mol. The topological polar surface area (TPSA) is 117 Å². The summed E-state index contributed by atoms with van der Waals surface area (Å²) in [5.74, 6) is -0.557. The number of imide groups is 1. The minimum absolute atomic E-state index is 0.00725. The number of hydrogen-bond donors (Lipinski definition) is 3. The first-order chi connectivity index (χ1) is 13.9. The fraction of sp³-hybridized carbons (Fsp3) is 0.150. The second-order valence-electron chi connectivity index (χ2n) is 6.06. The van der Waals surface area contributed by atoms with Gasteiger partial charge in [0.25, 0.3) is 5.91 Å². The molecule has 0 radical (unpaired) electrons. The van der Waals surface area contributed by atoms with Crippen LogP contribution in [-0.2, 0) is 9.59 Å². The zero-order valence-corrected chi connectivity index (χ0v) is 15.8. The van der Waals surface area contributed by atoms with Crippen LogP contribution in [0.25, 0.3) is 6.08 Å². The largest absolute Gasteiger partial charge is 0.504 e. The van der Waals surface area contributed by atoms with E-state index < -0.39 is 24.4 Å². The van der Waals surface area contributed by atoms with E-state index in [0.717, 1.165) is 4.90 Å². The van der Waals surface area contributed by atoms with Gasteiger partial charge in [-0.2, -0.15) is 0 Å². The van der Waals surface area contributed by atoms with E-state index >= 15 is 0 Å². The van der Waals surface area contributed by atoms with E-state index in [1.807, 2.05) is 0 Å². The van der Waals surface area contributed by atoms with Crippen LogP contribution in [0.15, 0.2) is 48.2 Å². The van der Waals surface area contributed by atoms with Gasteiger partial charge >= 0.3 is 6.03 Å². The van der Waals surface area contributed by atoms with Crippen molar-refractivity contribution in [3.8, 4) is 17.2 Å². The number of ether oxygens (including phenoxy) is 2. The Balaban J connectivity index is 1.72. The zero-order valence-electron chi connectivity index (χ0n) is 15.8. The fourth-order valence-corrected chi connectivity index (χ4v) is 2.75. The molecule has 3 N–H and O–H groups in total. The normalized spacial score (nSPS) is 14.7. The van der Waals surface area contributed by atoms with Crippen molar-refractivity contribution < 1.29 is 29.0 Å². The van der Waals surface area contributed by atoms with Crippen LogP contribution < -0.4 is 20.1 Å². The Morgan fingerprint density at radius 2 is 1.86 bits per heavy atom. The van der Waals surface area contributed by atoms with Crippen LogP contribution in [0.5, 0.6) is 17.2 Å². The van der Waals surface area contributed by atoms with Crippen LogP contribution in [0.3, 0.4) is 0 Å². The Hall–Kier alpha value is -4.01. The maximum atomic E-state index is 12.5. The molecule has 9 heteroatoms. The van der Waals surface area contributed by atoms with E-state index in [0.29, 0.717) is 17.0 Å². The van der Waals surface area contributed by atoms with Crippen LogP contribution in [0, 0.1) is 0 Å². The van der Waals surface area contributed by atoms with Crippen LogP contribution in [0.4, 0.5) is 10.5 Å². The molecule has 9 nitrogen and oxygen atoms in total. The smallest absolute Gasteiger partial charge is 0.329 e. The summed E-state index contributed by atoms with van der Waals surface area (Å²) < 4.78 is 10.2. The van der Waals surface area contributed by atoms with Crippen LogP contribution in [0.1, 0.15) is 5.56 Å². The molecule has 2 aromatic rings. The number of amides is 4. The third-order valence-corrected chi connectivity index (χ3v) is 4.16. The molecule has 29 heavy (non-hydrogen) atoms. The number of hydrogen-bond acceptors (Lipinski definition) is 6. The molecule has 0 bridgehead atoms. The molecule has 150 valence electrons. The third kappa shape index (κ3) is 4.29. The number of benzene rings is 2. The first kappa shape index (κ1) is 19.7. The Labute approximate surface area is 166 Å². The lowest BCUT2D eigenvalue weighted by molar-refractivity contribution is -0.127. The molecule has 2 aromatic carbocycles. The predicted octanol–water partition coefficient (Wildman–Crippen LogP) is 1.94. The summed E-state index contributed by atoms with van der Waals surface area (Å²) in [6.07, 6.45) is 1.43. The average Bonchev–Trinajstić information content (AvgIpc) is 2.97. The van der Waals surface area contributed by atoms with Crippen molar-refractivity contribution in [3.63, 3.8) is 0 Å². The number of para-hydroxylation sites is 2. The number of phenols is 1. The number of urea groups is 1. The van der Waals surface area contributed by atoms with Gasteiger partial charge in [0.15, 0.2) is 11.5 Å². The predicted molar refractivity (Wildman–Crippen MR) is 105 cm³/mol. The first-order valence-corrected chi connectivity index (χ1v) is 8.57. The average molecular weight is 397 g/mol. The fourth-order valence-electron chi connectivity index (χ4n) is 2.75. The van der Waals surface area contributed by atoms with E-state index in [1.54, 1.807) is 30.3 Å². The number of aromatic hydroxyl groups is 1. The zero-order chi connectivity index (χ0) is 21.0. The molecule has 3 rings (SSSR count). The van der Waals surface area contributed by atoms with Crippen LogP contribution >= 0.6 is 0 Å². The first-order valence-electron chi connectivity index (χ1n) is 8.57. The van der Waals surface area contributed by atoms with Crippen LogP contribution in [-0.4, -0.2) is 48.6 Å². The second kappa shape index (κ2) is 8.34. The second-order valence-corrected chi connectivity index (χ2v) is 6.06. The van der Waals surface area contributed by atoms with Gasteiger partial charge in [0.1, 0.15) is 18.0 Å². The van der Waals surface area contributed by atoms with Crippen molar-refractivity contribution in [1.82, 2.24) is 10.2 Å². The molecule has 0 unspecified atom stereocenters. The summed E-state index contributed by atoms with van der Waals surface area (Å²) in [5.41, 5.74) is 0.968. The molecule has 0 aliphatic carbocycles. The molecule has 1 aliphatic rings. The summed E-state index contributed by atoms with van der Waals surface area (Å²) in [7, 11) is 2.87. The van der Waals surface area contributed by atoms with Crippen molar-refractivity contribution in [2.75, 3.05) is 26.1 Å². The highest BCUT2D eigenvalue weighted by Gasteiger charge is 2.35. The summed E-state index contributed by atoms with van der Waals surface area (Å²) in [4.78, 5) is 37.8. The van der Waals surface area contributed by atoms with Crippen molar-refractivity contribution >= 4 is 29.6 Å². The van der Waals surface area contributed by atoms with Gasteiger partial charge < -0.3 is 25.2 Å². The van der Waals surface area contributed by atoms with Gasteiger partial charge in [-0.3, -0.25) is 9.59 Å². The van der Waals surface area contributed by atoms with Gasteiger partial charge in [0.05, 0.1) is 19.9 Å². The molecule has 4 amide bonds. The summed E-state index contributed by atoms with van der Waals surface area (Å²) in [6.45, 7) is -0.459. The molecule has 1 aliphatic heterocycles. The van der Waals surface area contributed by atoms with Gasteiger partial charge in [-0.05, 0) is 35.9 Å². The van der Waals surface area contributed by atoms with Gasteiger partial charge in [-0.1, -0.05) is 18.2 Å². The van der Waals surface area contributed by atoms with Crippen molar-refractivity contribution in [1.29, 1.82) is 0 Å². The number of carbonyl (C=O) groups is 3. The highest BCUT2D eigenvalue weighted by atomic mass is 16.5. The Morgan fingerprint density at radius 1 is 1.14 bits per heavy atom. The SMILES string of the molecule is COc1cc(/C=C2/NC(=O)N(CC(=O)Nc3ccccc3OC)C2=O)ccc1O. The van der Waals surface area contributed by atoms with E-state index in [2.05, 4.69) is 10.6 Å². The maximum absolute atomic E-state index is 12.5. The third-order valence-electron chi connectivity index (χ3n) is 4.16. The highest BCUT2D eigenvalue weighted by Crippen LogP contribution is 2.28. The van der Waals surface area contributed by atoms with E-state index in [-0.39, 0.29) is 17.2 Å². The number of phenolic OH excluding ortho intramolecular Hbond substituents is 1. The summed E-state index contributed by atoms with van der Waals surface area (Å²) in [5, 5.41) is 14.7. The van der Waals surface area contributed by atoms with E-state index in [4.69, 9.17) is 9.47 Å². The summed E-state index contributed by atoms with van der Waals surface area (Å²) in [6, 6.07) is 10.6. The lowest BCUT2D eigenvalue weighted by Crippen LogP contribution is -2.38.